The molecule has 0 spiro atoms. The summed E-state index contributed by atoms with van der Waals surface area (Å²) in [7, 11) is -1.40. The fraction of sp³-hybridized carbons (Fsp3) is 0.308. The van der Waals surface area contributed by atoms with Crippen molar-refractivity contribution in [3.63, 3.8) is 0 Å². The predicted octanol–water partition coefficient (Wildman–Crippen LogP) is 2.69. The van der Waals surface area contributed by atoms with E-state index < -0.39 is 16.8 Å². The summed E-state index contributed by atoms with van der Waals surface area (Å²) < 4.78 is 11.7. The number of hydrogen-bond acceptors (Lipinski definition) is 2. The maximum atomic E-state index is 11.7. The lowest BCUT2D eigenvalue weighted by Crippen LogP contribution is -2.10. The van der Waals surface area contributed by atoms with Crippen LogP contribution in [0.4, 0.5) is 0 Å². The highest BCUT2D eigenvalue weighted by Gasteiger charge is 2.13. The molecule has 0 radical (unpaired) electrons. The van der Waals surface area contributed by atoms with E-state index in [0.717, 1.165) is 11.6 Å². The first-order chi connectivity index (χ1) is 7.80. The summed E-state index contributed by atoms with van der Waals surface area (Å²) in [6.45, 7) is 6.30. The molecule has 17 heavy (non-hydrogen) atoms. The standard InChI is InChI=1S/C13H16O3S/c1-13(2,3)10-4-6-11(7-5-10)17(16)9-8-12(14)15/h4-9H,1-3H3,(H,14,15)/b9-8+. The molecule has 0 saturated carbocycles. The number of carboxylic acid groups (broad SMARTS) is 1. The molecule has 0 fully saturated rings. The SMILES string of the molecule is CC(C)(C)c1ccc(S(=O)/C=C/C(=O)O)cc1. The van der Waals surface area contributed by atoms with Crippen molar-refractivity contribution in [1.29, 1.82) is 0 Å². The van der Waals surface area contributed by atoms with Crippen molar-refractivity contribution in [3.8, 4) is 0 Å². The van der Waals surface area contributed by atoms with E-state index in [1.165, 1.54) is 5.41 Å². The van der Waals surface area contributed by atoms with E-state index in [2.05, 4.69) is 20.8 Å². The fourth-order valence-electron chi connectivity index (χ4n) is 1.29. The molecule has 1 atom stereocenters. The summed E-state index contributed by atoms with van der Waals surface area (Å²) in [5.74, 6) is -1.09. The first kappa shape index (κ1) is 13.6. The third-order valence-electron chi connectivity index (χ3n) is 2.29. The van der Waals surface area contributed by atoms with Crippen LogP contribution in [0.1, 0.15) is 26.3 Å². The lowest BCUT2D eigenvalue weighted by atomic mass is 9.87. The monoisotopic (exact) mass is 252 g/mol. The van der Waals surface area contributed by atoms with Gasteiger partial charge in [-0.1, -0.05) is 32.9 Å². The molecule has 92 valence electrons. The summed E-state index contributed by atoms with van der Waals surface area (Å²) in [6.07, 6.45) is 0.897. The largest absolute Gasteiger partial charge is 0.478 e. The van der Waals surface area contributed by atoms with Gasteiger partial charge >= 0.3 is 5.97 Å². The van der Waals surface area contributed by atoms with Crippen LogP contribution < -0.4 is 0 Å². The average Bonchev–Trinajstić information content (AvgIpc) is 2.25. The maximum Gasteiger partial charge on any atom is 0.328 e. The normalized spacial score (nSPS) is 13.8. The number of carbonyl (C=O) groups is 1. The predicted molar refractivity (Wildman–Crippen MR) is 68.3 cm³/mol. The molecule has 3 nitrogen and oxygen atoms in total. The van der Waals surface area contributed by atoms with Crippen LogP contribution in [0.3, 0.4) is 0 Å². The first-order valence-corrected chi connectivity index (χ1v) is 6.44. The molecular formula is C13H16O3S. The Bertz CT molecular complexity index is 453. The van der Waals surface area contributed by atoms with Crippen molar-refractivity contribution in [2.24, 2.45) is 0 Å². The third kappa shape index (κ3) is 4.15. The Morgan fingerprint density at radius 2 is 1.76 bits per heavy atom. The Kier molecular flexibility index (Phi) is 4.23. The van der Waals surface area contributed by atoms with Crippen LogP contribution >= 0.6 is 0 Å². The summed E-state index contributed by atoms with van der Waals surface area (Å²) in [6, 6.07) is 7.37. The average molecular weight is 252 g/mol. The van der Waals surface area contributed by atoms with E-state index in [9.17, 15) is 9.00 Å². The van der Waals surface area contributed by atoms with Crippen LogP contribution in [-0.4, -0.2) is 15.3 Å². The zero-order valence-corrected chi connectivity index (χ0v) is 11.0. The molecular weight excluding hydrogens is 236 g/mol. The van der Waals surface area contributed by atoms with Crippen LogP contribution in [0.15, 0.2) is 40.6 Å². The first-order valence-electron chi connectivity index (χ1n) is 5.23. The van der Waals surface area contributed by atoms with Crippen LogP contribution in [0, 0.1) is 0 Å². The van der Waals surface area contributed by atoms with Gasteiger partial charge in [-0.15, -0.1) is 0 Å². The molecule has 0 bridgehead atoms. The van der Waals surface area contributed by atoms with Gasteiger partial charge < -0.3 is 5.11 Å². The van der Waals surface area contributed by atoms with E-state index in [0.29, 0.717) is 4.90 Å². The second kappa shape index (κ2) is 5.27. The molecule has 1 unspecified atom stereocenters. The van der Waals surface area contributed by atoms with Crippen molar-refractivity contribution in [3.05, 3.63) is 41.3 Å². The molecule has 1 N–H and O–H groups in total. The van der Waals surface area contributed by atoms with Gasteiger partial charge in [0.05, 0.1) is 10.8 Å². The molecule has 0 aliphatic rings. The minimum absolute atomic E-state index is 0.0525. The summed E-state index contributed by atoms with van der Waals surface area (Å²) in [5, 5.41) is 9.61. The number of benzene rings is 1. The van der Waals surface area contributed by atoms with Gasteiger partial charge in [-0.05, 0) is 23.1 Å². The van der Waals surface area contributed by atoms with E-state index in [4.69, 9.17) is 5.11 Å². The van der Waals surface area contributed by atoms with Gasteiger partial charge in [-0.2, -0.15) is 0 Å². The van der Waals surface area contributed by atoms with Gasteiger partial charge in [0.1, 0.15) is 0 Å². The highest BCUT2D eigenvalue weighted by atomic mass is 32.2. The third-order valence-corrected chi connectivity index (χ3v) is 3.41. The minimum Gasteiger partial charge on any atom is -0.478 e. The Balaban J connectivity index is 2.88. The van der Waals surface area contributed by atoms with Crippen molar-refractivity contribution < 1.29 is 14.1 Å². The second-order valence-corrected chi connectivity index (χ2v) is 6.05. The molecule has 0 heterocycles. The van der Waals surface area contributed by atoms with Crippen molar-refractivity contribution in [1.82, 2.24) is 0 Å². The second-order valence-electron chi connectivity index (χ2n) is 4.71. The van der Waals surface area contributed by atoms with Gasteiger partial charge in [-0.3, -0.25) is 0 Å². The number of hydrogen-bond donors (Lipinski definition) is 1. The Labute approximate surface area is 104 Å². The number of rotatable bonds is 3. The molecule has 1 rings (SSSR count). The Hall–Kier alpha value is -1.42. The summed E-state index contributed by atoms with van der Waals surface area (Å²) >= 11 is 0. The highest BCUT2D eigenvalue weighted by Crippen LogP contribution is 2.23. The van der Waals surface area contributed by atoms with Crippen molar-refractivity contribution in [2.75, 3.05) is 0 Å². The zero-order chi connectivity index (χ0) is 13.1. The lowest BCUT2D eigenvalue weighted by Gasteiger charge is -2.18. The van der Waals surface area contributed by atoms with Gasteiger partial charge in [0.2, 0.25) is 0 Å². The highest BCUT2D eigenvalue weighted by molar-refractivity contribution is 7.88. The van der Waals surface area contributed by atoms with E-state index in [1.807, 2.05) is 12.1 Å². The van der Waals surface area contributed by atoms with Crippen LogP contribution in [0.25, 0.3) is 0 Å². The topological polar surface area (TPSA) is 54.4 Å². The molecule has 0 amide bonds. The summed E-state index contributed by atoms with van der Waals surface area (Å²) in [5.41, 5.74) is 1.21. The Morgan fingerprint density at radius 3 is 2.18 bits per heavy atom. The maximum absolute atomic E-state index is 11.7. The van der Waals surface area contributed by atoms with Gasteiger partial charge in [0.15, 0.2) is 0 Å². The zero-order valence-electron chi connectivity index (χ0n) is 10.1. The van der Waals surface area contributed by atoms with Gasteiger partial charge in [0.25, 0.3) is 0 Å². The number of carboxylic acids is 1. The van der Waals surface area contributed by atoms with E-state index >= 15 is 0 Å². The minimum atomic E-state index is -1.40. The molecule has 0 aliphatic heterocycles. The molecule has 1 aromatic carbocycles. The molecule has 1 aromatic rings. The van der Waals surface area contributed by atoms with Gasteiger partial charge in [0, 0.05) is 16.4 Å². The molecule has 4 heteroatoms. The van der Waals surface area contributed by atoms with Crippen molar-refractivity contribution >= 4 is 16.8 Å². The molecule has 0 aromatic heterocycles. The Morgan fingerprint density at radius 1 is 1.24 bits per heavy atom. The smallest absolute Gasteiger partial charge is 0.328 e. The van der Waals surface area contributed by atoms with Crippen LogP contribution in [-0.2, 0) is 21.0 Å². The van der Waals surface area contributed by atoms with E-state index in [1.54, 1.807) is 12.1 Å². The summed E-state index contributed by atoms with van der Waals surface area (Å²) in [4.78, 5) is 10.9. The van der Waals surface area contributed by atoms with Gasteiger partial charge in [-0.25, -0.2) is 9.00 Å². The number of aliphatic carboxylic acids is 1. The van der Waals surface area contributed by atoms with E-state index in [-0.39, 0.29) is 5.41 Å². The van der Waals surface area contributed by atoms with Crippen molar-refractivity contribution in [2.45, 2.75) is 31.1 Å². The fourth-order valence-corrected chi connectivity index (χ4v) is 2.09. The molecule has 0 saturated heterocycles. The van der Waals surface area contributed by atoms with Crippen LogP contribution in [0.2, 0.25) is 0 Å². The van der Waals surface area contributed by atoms with Crippen LogP contribution in [0.5, 0.6) is 0 Å². The quantitative estimate of drug-likeness (QED) is 0.841. The molecule has 0 aliphatic carbocycles. The lowest BCUT2D eigenvalue weighted by molar-refractivity contribution is -0.131.